The molecular weight excluding hydrogens is 1340 g/mol. The number of ether oxygens (including phenoxy) is 12. The van der Waals surface area contributed by atoms with Gasteiger partial charge in [-0.15, -0.1) is 0 Å². The number of carbonyl (C=O) groups is 6. The molecule has 0 spiro atoms. The van der Waals surface area contributed by atoms with E-state index in [9.17, 15) is 64.5 Å². The minimum atomic E-state index is -2.11. The van der Waals surface area contributed by atoms with E-state index in [4.69, 9.17) is 56.8 Å². The van der Waals surface area contributed by atoms with Crippen molar-refractivity contribution < 1.29 is 121 Å². The molecule has 10 rings (SSSR count). The van der Waals surface area contributed by atoms with Crippen LogP contribution in [0.3, 0.4) is 0 Å². The molecule has 102 heavy (non-hydrogen) atoms. The molecule has 19 atom stereocenters. The third kappa shape index (κ3) is 21.3. The Hall–Kier alpha value is -9.58. The molecule has 546 valence electrons. The normalized spacial score (nSPS) is 28.2. The fourth-order valence-electron chi connectivity index (χ4n) is 11.7. The fourth-order valence-corrected chi connectivity index (χ4v) is 11.7. The average Bonchev–Trinajstić information content (AvgIpc) is 1.29. The molecule has 13 N–H and O–H groups in total. The van der Waals surface area contributed by atoms with Crippen molar-refractivity contribution in [1.82, 2.24) is 31.9 Å². The quantitative estimate of drug-likeness (QED) is 0.0330. The van der Waals surface area contributed by atoms with Gasteiger partial charge in [-0.05, 0) is 39.8 Å². The summed E-state index contributed by atoms with van der Waals surface area (Å²) < 4.78 is 71.3. The van der Waals surface area contributed by atoms with E-state index in [0.29, 0.717) is 33.4 Å². The fraction of sp³-hybridized carbons (Fsp3) is 0.408. The van der Waals surface area contributed by atoms with Crippen molar-refractivity contribution >= 4 is 36.6 Å². The van der Waals surface area contributed by atoms with E-state index in [1.807, 2.05) is 0 Å². The number of hydrogen-bond donors (Lipinski definition) is 13. The lowest BCUT2D eigenvalue weighted by atomic mass is 9.83. The molecule has 3 aliphatic heterocycles. The lowest BCUT2D eigenvalue weighted by molar-refractivity contribution is -0.311. The Morgan fingerprint density at radius 2 is 0.618 bits per heavy atom. The molecule has 6 amide bonds. The number of benzene rings is 6. The van der Waals surface area contributed by atoms with Crippen molar-refractivity contribution in [2.75, 3.05) is 19.7 Å². The highest BCUT2D eigenvalue weighted by atomic mass is 16.8. The molecule has 3 saturated heterocycles. The molecule has 6 aromatic rings. The van der Waals surface area contributed by atoms with Crippen LogP contribution in [0.4, 0.5) is 28.8 Å². The van der Waals surface area contributed by atoms with Gasteiger partial charge in [-0.25, -0.2) is 28.8 Å². The molecule has 0 aromatic heterocycles. The lowest BCUT2D eigenvalue weighted by Gasteiger charge is -2.49. The van der Waals surface area contributed by atoms with Gasteiger partial charge in [0.15, 0.2) is 18.9 Å². The molecule has 4 fully saturated rings. The Morgan fingerprint density at radius 1 is 0.324 bits per heavy atom. The van der Waals surface area contributed by atoms with Crippen LogP contribution in [-0.4, -0.2) is 208 Å². The molecule has 4 aliphatic rings. The second-order valence-electron chi connectivity index (χ2n) is 24.3. The van der Waals surface area contributed by atoms with Crippen LogP contribution in [0.1, 0.15) is 39.8 Å². The maximum Gasteiger partial charge on any atom is 0.407 e. The maximum atomic E-state index is 14.2. The summed E-state index contributed by atoms with van der Waals surface area (Å²) in [6, 6.07) is 44.9. The van der Waals surface area contributed by atoms with E-state index in [1.165, 1.54) is 0 Å². The lowest BCUT2D eigenvalue weighted by Crippen LogP contribution is -2.70. The highest BCUT2D eigenvalue weighted by Crippen LogP contribution is 2.36. The van der Waals surface area contributed by atoms with Gasteiger partial charge >= 0.3 is 36.6 Å². The first-order valence-corrected chi connectivity index (χ1v) is 32.9. The van der Waals surface area contributed by atoms with Crippen molar-refractivity contribution in [3.8, 4) is 0 Å². The SMILES string of the molecule is O=C(NCC1O[C@H](O[C@H]2[C@@H](O)[C@H](O[C@@H]3[C@@H](O)[C@H](NC(=O)OCc4ccccc4)C[C@H](NC(=O)OCc4ccccc4)[C@H]3O[C@H]3O[C@H](CNC(=O)OCc4ccccc4)[C@@H](O)[C@H](O)[C@H]3NC(=O)OCc3ccccc3)O[C@@H]2CO)[C@H](NC(=O)OCc2ccccc2)[C@@H](O)[C@@H]1O)OCc1ccccc1. The van der Waals surface area contributed by atoms with Gasteiger partial charge in [-0.2, -0.15) is 0 Å². The van der Waals surface area contributed by atoms with Gasteiger partial charge in [0.05, 0.1) is 18.7 Å². The molecule has 6 aromatic carbocycles. The van der Waals surface area contributed by atoms with Gasteiger partial charge in [0.25, 0.3) is 0 Å². The van der Waals surface area contributed by atoms with Gasteiger partial charge in [0.2, 0.25) is 0 Å². The molecule has 1 unspecified atom stereocenters. The number of alkyl carbamates (subject to hydrolysis) is 6. The Labute approximate surface area is 585 Å². The number of amides is 6. The zero-order chi connectivity index (χ0) is 71.9. The van der Waals surface area contributed by atoms with E-state index in [1.54, 1.807) is 182 Å². The summed E-state index contributed by atoms with van der Waals surface area (Å²) in [7, 11) is 0. The predicted molar refractivity (Wildman–Crippen MR) is 352 cm³/mol. The number of carbonyl (C=O) groups excluding carboxylic acids is 6. The number of aliphatic hydroxyl groups is 7. The minimum absolute atomic E-state index is 0.141. The van der Waals surface area contributed by atoms with Crippen molar-refractivity contribution in [1.29, 1.82) is 0 Å². The van der Waals surface area contributed by atoms with Crippen molar-refractivity contribution in [3.63, 3.8) is 0 Å². The maximum absolute atomic E-state index is 14.2. The highest BCUT2D eigenvalue weighted by Gasteiger charge is 2.57. The summed E-state index contributed by atoms with van der Waals surface area (Å²) in [4.78, 5) is 81.7. The highest BCUT2D eigenvalue weighted by molar-refractivity contribution is 5.70. The van der Waals surface area contributed by atoms with E-state index < -0.39 is 179 Å². The summed E-state index contributed by atoms with van der Waals surface area (Å²) in [5, 5.41) is 98.7. The number of aliphatic hydroxyl groups excluding tert-OH is 7. The number of nitrogens with one attached hydrogen (secondary N) is 6. The zero-order valence-electron chi connectivity index (χ0n) is 54.8. The first-order valence-electron chi connectivity index (χ1n) is 32.9. The van der Waals surface area contributed by atoms with Gasteiger partial charge < -0.3 is 124 Å². The molecule has 0 bridgehead atoms. The first-order chi connectivity index (χ1) is 49.5. The van der Waals surface area contributed by atoms with E-state index in [2.05, 4.69) is 31.9 Å². The van der Waals surface area contributed by atoms with E-state index in [-0.39, 0.29) is 39.6 Å². The topological polar surface area (TPSA) is 427 Å². The average molecular weight is 1420 g/mol. The van der Waals surface area contributed by atoms with Crippen LogP contribution < -0.4 is 31.9 Å². The van der Waals surface area contributed by atoms with Gasteiger partial charge in [0, 0.05) is 13.1 Å². The van der Waals surface area contributed by atoms with E-state index >= 15 is 0 Å². The summed E-state index contributed by atoms with van der Waals surface area (Å²) in [6.07, 6.45) is -35.3. The standard InChI is InChI=1S/C71H82N6O25/c78-34-51-61(101-64-53(77-71(90)96-40-46-29-17-6-18-30-46)58(83)56(81)50(98-64)33-73-67(86)92-36-42-21-9-2-10-22-42)59(84)65(99-51)102-62-54(79)47(74-68(87)93-37-43-23-11-3-12-24-43)31-48(75-69(88)94-38-44-25-13-4-14-26-44)60(62)100-63-52(76-70(89)95-39-45-27-15-5-16-28-45)57(82)55(80)49(97-63)32-72-66(85)91-35-41-19-7-1-8-20-41/h1-30,47-65,78-84H,31-40H2,(H,72,85)(H,73,86)(H,74,87)(H,75,88)(H,76,89)(H,77,90)/t47-,48+,49-,50?,51-,52-,53-,54+,55-,56-,57-,58-,59-,60-,61-,62-,63-,64-,65+/m1/s1. The van der Waals surface area contributed by atoms with Crippen LogP contribution in [0.5, 0.6) is 0 Å². The van der Waals surface area contributed by atoms with Crippen molar-refractivity contribution in [2.45, 2.75) is 162 Å². The second kappa shape index (κ2) is 37.4. The Bertz CT molecular complexity index is 3590. The molecule has 31 heteroatoms. The van der Waals surface area contributed by atoms with Crippen molar-refractivity contribution in [3.05, 3.63) is 215 Å². The van der Waals surface area contributed by atoms with Crippen LogP contribution in [0.2, 0.25) is 0 Å². The summed E-state index contributed by atoms with van der Waals surface area (Å²) >= 11 is 0. The minimum Gasteiger partial charge on any atom is -0.445 e. The monoisotopic (exact) mass is 1420 g/mol. The zero-order valence-corrected chi connectivity index (χ0v) is 54.8. The molecule has 0 radical (unpaired) electrons. The van der Waals surface area contributed by atoms with Crippen LogP contribution in [-0.2, 0) is 96.5 Å². The Balaban J connectivity index is 0.959. The summed E-state index contributed by atoms with van der Waals surface area (Å²) in [6.45, 7) is -3.47. The predicted octanol–water partition coefficient (Wildman–Crippen LogP) is 2.91. The third-order valence-electron chi connectivity index (χ3n) is 17.1. The Kier molecular flexibility index (Phi) is 27.5. The molecule has 1 aliphatic carbocycles. The number of hydrogen-bond acceptors (Lipinski definition) is 25. The number of rotatable bonds is 27. The third-order valence-corrected chi connectivity index (χ3v) is 17.1. The smallest absolute Gasteiger partial charge is 0.407 e. The van der Waals surface area contributed by atoms with Gasteiger partial charge in [-0.1, -0.05) is 182 Å². The summed E-state index contributed by atoms with van der Waals surface area (Å²) in [5.74, 6) is 0. The van der Waals surface area contributed by atoms with Crippen LogP contribution in [0, 0.1) is 0 Å². The van der Waals surface area contributed by atoms with Crippen LogP contribution in [0.25, 0.3) is 0 Å². The van der Waals surface area contributed by atoms with Crippen molar-refractivity contribution in [2.24, 2.45) is 0 Å². The molecular formula is C71H82N6O25. The van der Waals surface area contributed by atoms with E-state index in [0.717, 1.165) is 0 Å². The largest absolute Gasteiger partial charge is 0.445 e. The van der Waals surface area contributed by atoms with Gasteiger partial charge in [0.1, 0.15) is 125 Å². The van der Waals surface area contributed by atoms with Crippen LogP contribution >= 0.6 is 0 Å². The molecule has 31 nitrogen and oxygen atoms in total. The van der Waals surface area contributed by atoms with Gasteiger partial charge in [-0.3, -0.25) is 0 Å². The first kappa shape index (κ1) is 75.1. The second-order valence-corrected chi connectivity index (χ2v) is 24.3. The Morgan fingerprint density at radius 3 is 0.961 bits per heavy atom. The molecule has 3 heterocycles. The van der Waals surface area contributed by atoms with Crippen LogP contribution in [0.15, 0.2) is 182 Å². The summed E-state index contributed by atoms with van der Waals surface area (Å²) in [5.41, 5.74) is 3.57. The molecule has 1 saturated carbocycles.